The van der Waals surface area contributed by atoms with E-state index in [0.29, 0.717) is 17.1 Å². The first-order valence-corrected chi connectivity index (χ1v) is 9.46. The summed E-state index contributed by atoms with van der Waals surface area (Å²) in [6.07, 6.45) is 0. The van der Waals surface area contributed by atoms with Gasteiger partial charge in [0.15, 0.2) is 11.5 Å². The molecule has 0 spiro atoms. The fraction of sp³-hybridized carbons (Fsp3) is 0.167. The van der Waals surface area contributed by atoms with Crippen LogP contribution in [0, 0.1) is 0 Å². The number of aliphatic hydroxyl groups is 1. The molecule has 2 N–H and O–H groups in total. The van der Waals surface area contributed by atoms with E-state index in [0.717, 1.165) is 10.4 Å². The van der Waals surface area contributed by atoms with Crippen molar-refractivity contribution < 1.29 is 19.4 Å². The van der Waals surface area contributed by atoms with E-state index in [1.165, 1.54) is 22.7 Å². The number of rotatable bonds is 5. The predicted molar refractivity (Wildman–Crippen MR) is 96.5 cm³/mol. The zero-order chi connectivity index (χ0) is 17.3. The van der Waals surface area contributed by atoms with E-state index in [-0.39, 0.29) is 19.2 Å². The number of fused-ring (bicyclic) bond motifs is 1. The summed E-state index contributed by atoms with van der Waals surface area (Å²) in [5.74, 6) is 0.910. The van der Waals surface area contributed by atoms with E-state index in [1.54, 1.807) is 18.2 Å². The van der Waals surface area contributed by atoms with Crippen LogP contribution in [0.5, 0.6) is 11.5 Å². The average molecular weight is 373 g/mol. The molecule has 0 bridgehead atoms. The van der Waals surface area contributed by atoms with Gasteiger partial charge in [0, 0.05) is 16.0 Å². The lowest BCUT2D eigenvalue weighted by Gasteiger charge is -2.27. The van der Waals surface area contributed by atoms with Crippen LogP contribution in [0.25, 0.3) is 0 Å². The molecule has 0 saturated carbocycles. The van der Waals surface area contributed by atoms with Gasteiger partial charge in [0.2, 0.25) is 6.79 Å². The molecule has 1 atom stereocenters. The van der Waals surface area contributed by atoms with Crippen molar-refractivity contribution in [2.45, 2.75) is 5.60 Å². The molecule has 1 aliphatic heterocycles. The number of benzene rings is 1. The summed E-state index contributed by atoms with van der Waals surface area (Å²) in [5, 5.41) is 19.8. The second-order valence-corrected chi connectivity index (χ2v) is 7.33. The maximum atomic E-state index is 12.5. The molecule has 4 rings (SSSR count). The largest absolute Gasteiger partial charge is 0.454 e. The van der Waals surface area contributed by atoms with E-state index in [1.807, 2.05) is 34.3 Å². The van der Waals surface area contributed by atoms with Gasteiger partial charge in [-0.1, -0.05) is 6.07 Å². The summed E-state index contributed by atoms with van der Waals surface area (Å²) in [4.78, 5) is 13.3. The van der Waals surface area contributed by atoms with Crippen LogP contribution in [0.2, 0.25) is 0 Å². The van der Waals surface area contributed by atoms with Crippen molar-refractivity contribution in [1.82, 2.24) is 5.32 Å². The quantitative estimate of drug-likeness (QED) is 0.721. The lowest BCUT2D eigenvalue weighted by Crippen LogP contribution is -2.40. The van der Waals surface area contributed by atoms with Crippen molar-refractivity contribution in [3.8, 4) is 11.5 Å². The van der Waals surface area contributed by atoms with Gasteiger partial charge in [0.1, 0.15) is 5.60 Å². The molecular formula is C18H15NO4S2. The SMILES string of the molecule is O=C(NCC(O)(c1ccsc1)c1cccs1)c1ccc2c(c1)OCO2. The molecule has 1 aromatic carbocycles. The van der Waals surface area contributed by atoms with Crippen molar-refractivity contribution in [3.05, 3.63) is 68.5 Å². The van der Waals surface area contributed by atoms with Crippen molar-refractivity contribution in [1.29, 1.82) is 0 Å². The zero-order valence-corrected chi connectivity index (χ0v) is 14.7. The third kappa shape index (κ3) is 3.02. The Hall–Kier alpha value is -2.35. The highest BCUT2D eigenvalue weighted by Crippen LogP contribution is 2.34. The van der Waals surface area contributed by atoms with E-state index in [4.69, 9.17) is 9.47 Å². The minimum Gasteiger partial charge on any atom is -0.454 e. The monoisotopic (exact) mass is 373 g/mol. The molecule has 1 amide bonds. The van der Waals surface area contributed by atoms with E-state index < -0.39 is 5.60 Å². The number of carbonyl (C=O) groups is 1. The molecule has 0 fully saturated rings. The summed E-state index contributed by atoms with van der Waals surface area (Å²) in [6, 6.07) is 10.7. The Kier molecular flexibility index (Phi) is 4.20. The minimum atomic E-state index is -1.25. The topological polar surface area (TPSA) is 67.8 Å². The van der Waals surface area contributed by atoms with Gasteiger partial charge in [-0.15, -0.1) is 11.3 Å². The third-order valence-corrected chi connectivity index (χ3v) is 5.77. The third-order valence-electron chi connectivity index (χ3n) is 4.07. The van der Waals surface area contributed by atoms with Crippen molar-refractivity contribution >= 4 is 28.6 Å². The van der Waals surface area contributed by atoms with Crippen LogP contribution in [0.3, 0.4) is 0 Å². The highest BCUT2D eigenvalue weighted by molar-refractivity contribution is 7.10. The summed E-state index contributed by atoms with van der Waals surface area (Å²) < 4.78 is 10.6. The maximum Gasteiger partial charge on any atom is 0.251 e. The number of nitrogens with one attached hydrogen (secondary N) is 1. The molecule has 1 aliphatic rings. The van der Waals surface area contributed by atoms with Crippen LogP contribution >= 0.6 is 22.7 Å². The van der Waals surface area contributed by atoms with Crippen LogP contribution in [0.15, 0.2) is 52.5 Å². The zero-order valence-electron chi connectivity index (χ0n) is 13.1. The standard InChI is InChI=1S/C18H15NO4S2/c20-17(12-3-4-14-15(8-12)23-11-22-14)19-10-18(21,13-5-7-24-9-13)16-2-1-6-25-16/h1-9,21H,10-11H2,(H,19,20). The number of amides is 1. The van der Waals surface area contributed by atoms with Gasteiger partial charge in [-0.25, -0.2) is 0 Å². The molecule has 7 heteroatoms. The number of carbonyl (C=O) groups excluding carboxylic acids is 1. The molecular weight excluding hydrogens is 358 g/mol. The molecule has 3 aromatic rings. The predicted octanol–water partition coefficient (Wildman–Crippen LogP) is 3.20. The van der Waals surface area contributed by atoms with Crippen LogP contribution in [-0.4, -0.2) is 24.4 Å². The first kappa shape index (κ1) is 16.1. The summed E-state index contributed by atoms with van der Waals surface area (Å²) in [7, 11) is 0. The fourth-order valence-corrected chi connectivity index (χ4v) is 4.26. The Labute approximate surface area is 152 Å². The number of hydrogen-bond acceptors (Lipinski definition) is 6. The van der Waals surface area contributed by atoms with Gasteiger partial charge >= 0.3 is 0 Å². The lowest BCUT2D eigenvalue weighted by atomic mass is 9.94. The van der Waals surface area contributed by atoms with Crippen LogP contribution in [0.4, 0.5) is 0 Å². The second-order valence-electron chi connectivity index (χ2n) is 5.60. The highest BCUT2D eigenvalue weighted by Gasteiger charge is 2.33. The molecule has 0 aliphatic carbocycles. The normalized spacial score (nSPS) is 14.9. The smallest absolute Gasteiger partial charge is 0.251 e. The van der Waals surface area contributed by atoms with Crippen molar-refractivity contribution in [2.75, 3.05) is 13.3 Å². The van der Waals surface area contributed by atoms with Gasteiger partial charge in [-0.3, -0.25) is 4.79 Å². The van der Waals surface area contributed by atoms with E-state index in [9.17, 15) is 9.90 Å². The Bertz CT molecular complexity index is 840. The number of ether oxygens (including phenoxy) is 2. The number of thiophene rings is 2. The molecule has 2 aromatic heterocycles. The van der Waals surface area contributed by atoms with Crippen LogP contribution < -0.4 is 14.8 Å². The summed E-state index contributed by atoms with van der Waals surface area (Å²) >= 11 is 2.97. The lowest BCUT2D eigenvalue weighted by molar-refractivity contribution is 0.0721. The molecule has 1 unspecified atom stereocenters. The Morgan fingerprint density at radius 1 is 1.20 bits per heavy atom. The Morgan fingerprint density at radius 2 is 2.08 bits per heavy atom. The minimum absolute atomic E-state index is 0.0809. The molecule has 5 nitrogen and oxygen atoms in total. The van der Waals surface area contributed by atoms with E-state index >= 15 is 0 Å². The second kappa shape index (κ2) is 6.51. The van der Waals surface area contributed by atoms with Crippen LogP contribution in [-0.2, 0) is 5.60 Å². The Balaban J connectivity index is 1.55. The van der Waals surface area contributed by atoms with Crippen molar-refractivity contribution in [3.63, 3.8) is 0 Å². The molecule has 3 heterocycles. The highest BCUT2D eigenvalue weighted by atomic mass is 32.1. The fourth-order valence-electron chi connectivity index (χ4n) is 2.69. The molecule has 0 radical (unpaired) electrons. The molecule has 0 saturated heterocycles. The summed E-state index contributed by atoms with van der Waals surface area (Å²) in [6.45, 7) is 0.244. The number of hydrogen-bond donors (Lipinski definition) is 2. The van der Waals surface area contributed by atoms with Crippen molar-refractivity contribution in [2.24, 2.45) is 0 Å². The molecule has 128 valence electrons. The van der Waals surface area contributed by atoms with Gasteiger partial charge in [-0.2, -0.15) is 11.3 Å². The first-order valence-electron chi connectivity index (χ1n) is 7.64. The van der Waals surface area contributed by atoms with Gasteiger partial charge in [-0.05, 0) is 46.5 Å². The van der Waals surface area contributed by atoms with Gasteiger partial charge in [0.25, 0.3) is 5.91 Å². The Morgan fingerprint density at radius 3 is 2.84 bits per heavy atom. The maximum absolute atomic E-state index is 12.5. The first-order chi connectivity index (χ1) is 12.2. The van der Waals surface area contributed by atoms with Gasteiger partial charge in [0.05, 0.1) is 6.54 Å². The van der Waals surface area contributed by atoms with Gasteiger partial charge < -0.3 is 19.9 Å². The average Bonchev–Trinajstić information content (AvgIpc) is 3.40. The van der Waals surface area contributed by atoms with E-state index in [2.05, 4.69) is 5.32 Å². The summed E-state index contributed by atoms with van der Waals surface area (Å²) in [5.41, 5.74) is -0.0192. The molecule has 25 heavy (non-hydrogen) atoms. The van der Waals surface area contributed by atoms with Crippen LogP contribution in [0.1, 0.15) is 20.8 Å².